The van der Waals surface area contributed by atoms with Gasteiger partial charge in [-0.05, 0) is 12.3 Å². The summed E-state index contributed by atoms with van der Waals surface area (Å²) in [5.41, 5.74) is 0. The van der Waals surface area contributed by atoms with Gasteiger partial charge in [0.15, 0.2) is 0 Å². The van der Waals surface area contributed by atoms with Crippen molar-refractivity contribution in [1.29, 1.82) is 0 Å². The number of carbonyl (C=O) groups is 2. The van der Waals surface area contributed by atoms with Crippen molar-refractivity contribution in [2.24, 2.45) is 5.92 Å². The van der Waals surface area contributed by atoms with Gasteiger partial charge < -0.3 is 15.5 Å². The molecule has 1 saturated heterocycles. The van der Waals surface area contributed by atoms with Gasteiger partial charge in [-0.1, -0.05) is 20.8 Å². The molecule has 1 heterocycles. The zero-order chi connectivity index (χ0) is 12.8. The summed E-state index contributed by atoms with van der Waals surface area (Å²) in [5, 5.41) is 5.97. The lowest BCUT2D eigenvalue weighted by Crippen LogP contribution is -2.53. The Kier molecular flexibility index (Phi) is 5.41. The van der Waals surface area contributed by atoms with Crippen LogP contribution in [0.3, 0.4) is 0 Å². The number of hydrogen-bond acceptors (Lipinski definition) is 3. The molecule has 17 heavy (non-hydrogen) atoms. The molecule has 0 aromatic carbocycles. The third-order valence-corrected chi connectivity index (χ3v) is 3.16. The van der Waals surface area contributed by atoms with E-state index in [2.05, 4.69) is 10.6 Å². The fraction of sp³-hybridized carbons (Fsp3) is 0.833. The van der Waals surface area contributed by atoms with Crippen LogP contribution < -0.4 is 10.6 Å². The molecule has 1 fully saturated rings. The highest BCUT2D eigenvalue weighted by Crippen LogP contribution is 2.05. The zero-order valence-corrected chi connectivity index (χ0v) is 11.0. The van der Waals surface area contributed by atoms with Crippen LogP contribution in [0.4, 0.5) is 0 Å². The van der Waals surface area contributed by atoms with Gasteiger partial charge in [0.25, 0.3) is 0 Å². The van der Waals surface area contributed by atoms with Gasteiger partial charge in [-0.3, -0.25) is 9.59 Å². The quantitative estimate of drug-likeness (QED) is 0.682. The van der Waals surface area contributed by atoms with E-state index in [-0.39, 0.29) is 6.04 Å². The minimum absolute atomic E-state index is 0.0781. The third-order valence-electron chi connectivity index (χ3n) is 3.16. The summed E-state index contributed by atoms with van der Waals surface area (Å²) in [6.07, 6.45) is 0.845. The lowest BCUT2D eigenvalue weighted by molar-refractivity contribution is -0.146. The van der Waals surface area contributed by atoms with Crippen molar-refractivity contribution in [1.82, 2.24) is 15.5 Å². The van der Waals surface area contributed by atoms with Crippen molar-refractivity contribution < 1.29 is 9.59 Å². The van der Waals surface area contributed by atoms with Crippen LogP contribution in [0, 0.1) is 5.92 Å². The van der Waals surface area contributed by atoms with Crippen LogP contribution in [-0.4, -0.2) is 48.9 Å². The molecule has 0 aromatic rings. The van der Waals surface area contributed by atoms with E-state index in [4.69, 9.17) is 0 Å². The summed E-state index contributed by atoms with van der Waals surface area (Å²) in [6.45, 7) is 8.87. The molecule has 1 aliphatic rings. The van der Waals surface area contributed by atoms with E-state index >= 15 is 0 Å². The van der Waals surface area contributed by atoms with Crippen molar-refractivity contribution in [2.45, 2.75) is 33.2 Å². The molecular weight excluding hydrogens is 218 g/mol. The van der Waals surface area contributed by atoms with Crippen molar-refractivity contribution in [2.75, 3.05) is 26.2 Å². The molecule has 1 aliphatic heterocycles. The smallest absolute Gasteiger partial charge is 0.311 e. The van der Waals surface area contributed by atoms with Crippen LogP contribution in [0.5, 0.6) is 0 Å². The molecule has 2 N–H and O–H groups in total. The normalized spacial score (nSPS) is 18.0. The Hall–Kier alpha value is -1.10. The Morgan fingerprint density at radius 2 is 1.88 bits per heavy atom. The average Bonchev–Trinajstić information content (AvgIpc) is 2.35. The van der Waals surface area contributed by atoms with Gasteiger partial charge >= 0.3 is 11.8 Å². The second-order valence-corrected chi connectivity index (χ2v) is 4.77. The van der Waals surface area contributed by atoms with Gasteiger partial charge in [0.1, 0.15) is 0 Å². The lowest BCUT2D eigenvalue weighted by Gasteiger charge is -2.28. The molecule has 1 atom stereocenters. The van der Waals surface area contributed by atoms with Crippen LogP contribution in [0.2, 0.25) is 0 Å². The number of carbonyl (C=O) groups excluding carboxylic acids is 2. The van der Waals surface area contributed by atoms with Gasteiger partial charge in [0.2, 0.25) is 0 Å². The second kappa shape index (κ2) is 6.59. The minimum atomic E-state index is -0.465. The monoisotopic (exact) mass is 241 g/mol. The van der Waals surface area contributed by atoms with Crippen LogP contribution in [0.1, 0.15) is 27.2 Å². The van der Waals surface area contributed by atoms with Crippen molar-refractivity contribution >= 4 is 11.8 Å². The Balaban J connectivity index is 2.48. The first-order valence-corrected chi connectivity index (χ1v) is 6.36. The van der Waals surface area contributed by atoms with Gasteiger partial charge in [0, 0.05) is 32.2 Å². The molecule has 1 rings (SSSR count). The zero-order valence-electron chi connectivity index (χ0n) is 11.0. The SMILES string of the molecule is CCC(NC(=O)C(=O)N1CCNCC1)C(C)C. The molecule has 0 aliphatic carbocycles. The van der Waals surface area contributed by atoms with E-state index in [1.807, 2.05) is 20.8 Å². The molecule has 5 heteroatoms. The van der Waals surface area contributed by atoms with Crippen molar-refractivity contribution in [3.05, 3.63) is 0 Å². The number of hydrogen-bond donors (Lipinski definition) is 2. The molecule has 0 saturated carbocycles. The van der Waals surface area contributed by atoms with E-state index in [0.29, 0.717) is 19.0 Å². The number of piperazine rings is 1. The molecule has 5 nitrogen and oxygen atoms in total. The topological polar surface area (TPSA) is 61.4 Å². The van der Waals surface area contributed by atoms with E-state index in [0.717, 1.165) is 19.5 Å². The average molecular weight is 241 g/mol. The Morgan fingerprint density at radius 1 is 1.29 bits per heavy atom. The highest BCUT2D eigenvalue weighted by molar-refractivity contribution is 6.35. The summed E-state index contributed by atoms with van der Waals surface area (Å²) in [7, 11) is 0. The fourth-order valence-corrected chi connectivity index (χ4v) is 1.98. The third kappa shape index (κ3) is 4.00. The van der Waals surface area contributed by atoms with Gasteiger partial charge in [-0.25, -0.2) is 0 Å². The molecule has 0 bridgehead atoms. The molecular formula is C12H23N3O2. The highest BCUT2D eigenvalue weighted by Gasteiger charge is 2.25. The highest BCUT2D eigenvalue weighted by atomic mass is 16.2. The fourth-order valence-electron chi connectivity index (χ4n) is 1.98. The molecule has 0 aromatic heterocycles. The minimum Gasteiger partial charge on any atom is -0.345 e. The second-order valence-electron chi connectivity index (χ2n) is 4.77. The standard InChI is InChI=1S/C12H23N3O2/c1-4-10(9(2)3)14-11(16)12(17)15-7-5-13-6-8-15/h9-10,13H,4-8H2,1-3H3,(H,14,16). The van der Waals surface area contributed by atoms with E-state index in [1.165, 1.54) is 0 Å². The Morgan fingerprint density at radius 3 is 2.35 bits per heavy atom. The summed E-state index contributed by atoms with van der Waals surface area (Å²) < 4.78 is 0. The molecule has 98 valence electrons. The summed E-state index contributed by atoms with van der Waals surface area (Å²) >= 11 is 0. The van der Waals surface area contributed by atoms with Crippen molar-refractivity contribution in [3.63, 3.8) is 0 Å². The van der Waals surface area contributed by atoms with E-state index in [9.17, 15) is 9.59 Å². The maximum absolute atomic E-state index is 11.9. The molecule has 0 radical (unpaired) electrons. The number of rotatable bonds is 3. The van der Waals surface area contributed by atoms with Gasteiger partial charge in [-0.15, -0.1) is 0 Å². The molecule has 2 amide bonds. The predicted octanol–water partition coefficient (Wildman–Crippen LogP) is -0.0310. The summed E-state index contributed by atoms with van der Waals surface area (Å²) in [5.74, 6) is -0.516. The summed E-state index contributed by atoms with van der Waals surface area (Å²) in [6, 6.07) is 0.0781. The first kappa shape index (κ1) is 14.0. The summed E-state index contributed by atoms with van der Waals surface area (Å²) in [4.78, 5) is 25.3. The van der Waals surface area contributed by atoms with Crippen molar-refractivity contribution in [3.8, 4) is 0 Å². The van der Waals surface area contributed by atoms with Crippen LogP contribution in [0.15, 0.2) is 0 Å². The largest absolute Gasteiger partial charge is 0.345 e. The Bertz CT molecular complexity index is 273. The predicted molar refractivity (Wildman–Crippen MR) is 66.5 cm³/mol. The molecule has 0 spiro atoms. The maximum Gasteiger partial charge on any atom is 0.311 e. The number of nitrogens with one attached hydrogen (secondary N) is 2. The van der Waals surface area contributed by atoms with Crippen LogP contribution in [0.25, 0.3) is 0 Å². The Labute approximate surface area is 103 Å². The molecule has 1 unspecified atom stereocenters. The first-order chi connectivity index (χ1) is 8.06. The van der Waals surface area contributed by atoms with E-state index < -0.39 is 11.8 Å². The van der Waals surface area contributed by atoms with Gasteiger partial charge in [-0.2, -0.15) is 0 Å². The van der Waals surface area contributed by atoms with Gasteiger partial charge in [0.05, 0.1) is 0 Å². The number of amides is 2. The van der Waals surface area contributed by atoms with Crippen LogP contribution >= 0.6 is 0 Å². The first-order valence-electron chi connectivity index (χ1n) is 6.36. The number of nitrogens with zero attached hydrogens (tertiary/aromatic N) is 1. The maximum atomic E-state index is 11.9. The lowest BCUT2D eigenvalue weighted by atomic mass is 10.0. The van der Waals surface area contributed by atoms with Crippen LogP contribution in [-0.2, 0) is 9.59 Å². The van der Waals surface area contributed by atoms with E-state index in [1.54, 1.807) is 4.90 Å².